The van der Waals surface area contributed by atoms with E-state index in [1.807, 2.05) is 0 Å². The van der Waals surface area contributed by atoms with Gasteiger partial charge in [0.2, 0.25) is 0 Å². The van der Waals surface area contributed by atoms with Crippen LogP contribution in [0.4, 0.5) is 0 Å². The smallest absolute Gasteiger partial charge is 1.00 e. The summed E-state index contributed by atoms with van der Waals surface area (Å²) in [5.74, 6) is 0.560. The SMILES string of the molecule is CC1=[C-]C(C)C(C)=C1C.[Cl-].[Cl-].[Ti+2].c1ccc2[cH-]ccc2c1. The van der Waals surface area contributed by atoms with Crippen molar-refractivity contribution in [3.05, 3.63) is 65.3 Å². The third kappa shape index (κ3) is 5.72. The predicted molar refractivity (Wildman–Crippen MR) is 79.5 cm³/mol. The summed E-state index contributed by atoms with van der Waals surface area (Å²) in [6.45, 7) is 8.67. The Morgan fingerprint density at radius 1 is 1.00 bits per heavy atom. The number of hydrogen-bond acceptors (Lipinski definition) is 0. The molecule has 21 heavy (non-hydrogen) atoms. The maximum Gasteiger partial charge on any atom is 2.00 e. The summed E-state index contributed by atoms with van der Waals surface area (Å²) < 4.78 is 0. The van der Waals surface area contributed by atoms with Gasteiger partial charge in [0.05, 0.1) is 0 Å². The van der Waals surface area contributed by atoms with E-state index in [1.165, 1.54) is 27.5 Å². The molecule has 0 N–H and O–H groups in total. The number of benzene rings is 1. The summed E-state index contributed by atoms with van der Waals surface area (Å²) in [4.78, 5) is 0. The molecule has 0 aliphatic heterocycles. The maximum absolute atomic E-state index is 3.36. The molecule has 0 radical (unpaired) electrons. The van der Waals surface area contributed by atoms with Crippen LogP contribution in [0, 0.1) is 12.0 Å². The van der Waals surface area contributed by atoms with Crippen LogP contribution in [0.2, 0.25) is 0 Å². The fourth-order valence-electron chi connectivity index (χ4n) is 2.23. The van der Waals surface area contributed by atoms with Gasteiger partial charge in [-0.15, -0.1) is 36.6 Å². The normalized spacial score (nSPS) is 16.0. The second-order valence-electron chi connectivity index (χ2n) is 4.95. The van der Waals surface area contributed by atoms with Crippen molar-refractivity contribution in [2.75, 3.05) is 0 Å². The molecule has 1 aliphatic rings. The summed E-state index contributed by atoms with van der Waals surface area (Å²) in [6.07, 6.45) is 3.36. The minimum Gasteiger partial charge on any atom is -1.00 e. The van der Waals surface area contributed by atoms with Gasteiger partial charge in [-0.05, 0) is 0 Å². The average molecular weight is 355 g/mol. The van der Waals surface area contributed by atoms with Gasteiger partial charge in [-0.1, -0.05) is 32.8 Å². The van der Waals surface area contributed by atoms with Crippen molar-refractivity contribution < 1.29 is 46.5 Å². The van der Waals surface area contributed by atoms with Gasteiger partial charge in [0.25, 0.3) is 0 Å². The molecule has 1 unspecified atom stereocenters. The summed E-state index contributed by atoms with van der Waals surface area (Å²) >= 11 is 0. The molecule has 0 fully saturated rings. The first-order valence-corrected chi connectivity index (χ1v) is 6.48. The quantitative estimate of drug-likeness (QED) is 0.433. The Bertz CT molecular complexity index is 578. The van der Waals surface area contributed by atoms with Gasteiger partial charge in [-0.25, -0.2) is 5.57 Å². The number of fused-ring (bicyclic) bond motifs is 1. The summed E-state index contributed by atoms with van der Waals surface area (Å²) in [7, 11) is 0. The molecule has 0 bridgehead atoms. The van der Waals surface area contributed by atoms with E-state index in [0.717, 1.165) is 0 Å². The van der Waals surface area contributed by atoms with Crippen LogP contribution in [0.15, 0.2) is 59.2 Å². The Balaban J connectivity index is 0. The monoisotopic (exact) mass is 354 g/mol. The second kappa shape index (κ2) is 10.4. The van der Waals surface area contributed by atoms with Gasteiger partial charge in [-0.2, -0.15) is 28.7 Å². The molecule has 0 nitrogen and oxygen atoms in total. The molecule has 0 aromatic heterocycles. The molecule has 3 heteroatoms. The van der Waals surface area contributed by atoms with Crippen molar-refractivity contribution in [2.45, 2.75) is 27.7 Å². The molecule has 2 aromatic carbocycles. The summed E-state index contributed by atoms with van der Waals surface area (Å²) in [6, 6.07) is 14.7. The predicted octanol–water partition coefficient (Wildman–Crippen LogP) is -0.714. The molecule has 2 aromatic rings. The zero-order valence-electron chi connectivity index (χ0n) is 12.9. The van der Waals surface area contributed by atoms with E-state index >= 15 is 0 Å². The number of rotatable bonds is 0. The molecule has 0 saturated carbocycles. The molecule has 112 valence electrons. The van der Waals surface area contributed by atoms with Crippen LogP contribution >= 0.6 is 0 Å². The van der Waals surface area contributed by atoms with Crippen LogP contribution in [0.5, 0.6) is 0 Å². The van der Waals surface area contributed by atoms with Crippen LogP contribution in [-0.2, 0) is 21.7 Å². The van der Waals surface area contributed by atoms with Gasteiger partial charge in [0.15, 0.2) is 0 Å². The summed E-state index contributed by atoms with van der Waals surface area (Å²) in [5.41, 5.74) is 4.25. The van der Waals surface area contributed by atoms with E-state index < -0.39 is 0 Å². The van der Waals surface area contributed by atoms with E-state index in [-0.39, 0.29) is 46.5 Å². The van der Waals surface area contributed by atoms with Gasteiger partial charge in [0.1, 0.15) is 0 Å². The Morgan fingerprint density at radius 2 is 1.62 bits per heavy atom. The Morgan fingerprint density at radius 3 is 2.05 bits per heavy atom. The first kappa shape index (κ1) is 22.9. The standard InChI is InChI=1S/C9H7.C9H13.2ClH.Ti/c1-2-5-9-7-3-6-8(9)4-1;1-6-5-7(2)9(4)8(6)3;;;/h1-7H;6H,1-4H3;2*1H;/q2*-1;;;+2/p-2. The van der Waals surface area contributed by atoms with Crippen molar-refractivity contribution in [3.8, 4) is 0 Å². The largest absolute Gasteiger partial charge is 2.00 e. The minimum absolute atomic E-state index is 0. The van der Waals surface area contributed by atoms with Crippen LogP contribution < -0.4 is 24.8 Å². The zero-order valence-corrected chi connectivity index (χ0v) is 15.9. The number of hydrogen-bond donors (Lipinski definition) is 0. The van der Waals surface area contributed by atoms with Crippen molar-refractivity contribution in [3.63, 3.8) is 0 Å². The van der Waals surface area contributed by atoms with Crippen LogP contribution in [-0.4, -0.2) is 0 Å². The molecule has 0 spiro atoms. The minimum atomic E-state index is 0. The zero-order chi connectivity index (χ0) is 13.1. The molecule has 3 rings (SSSR count). The fraction of sp³-hybridized carbons (Fsp3) is 0.278. The second-order valence-corrected chi connectivity index (χ2v) is 4.95. The van der Waals surface area contributed by atoms with E-state index in [9.17, 15) is 0 Å². The fourth-order valence-corrected chi connectivity index (χ4v) is 2.23. The maximum atomic E-state index is 3.36. The number of allylic oxidation sites excluding steroid dienone is 4. The van der Waals surface area contributed by atoms with Crippen LogP contribution in [0.1, 0.15) is 27.7 Å². The third-order valence-electron chi connectivity index (χ3n) is 3.78. The van der Waals surface area contributed by atoms with Gasteiger partial charge >= 0.3 is 21.7 Å². The molecular weight excluding hydrogens is 335 g/mol. The average Bonchev–Trinajstić information content (AvgIpc) is 2.92. The van der Waals surface area contributed by atoms with Gasteiger partial charge in [-0.3, -0.25) is 6.08 Å². The third-order valence-corrected chi connectivity index (χ3v) is 3.78. The van der Waals surface area contributed by atoms with Crippen LogP contribution in [0.3, 0.4) is 0 Å². The Hall–Kier alpha value is -0.396. The number of halogens is 2. The van der Waals surface area contributed by atoms with Crippen molar-refractivity contribution in [1.29, 1.82) is 0 Å². The molecule has 1 atom stereocenters. The van der Waals surface area contributed by atoms with E-state index in [1.54, 1.807) is 0 Å². The molecular formula is C18H20Cl2Ti-2. The van der Waals surface area contributed by atoms with Crippen LogP contribution in [0.25, 0.3) is 10.8 Å². The van der Waals surface area contributed by atoms with Crippen molar-refractivity contribution >= 4 is 10.8 Å². The van der Waals surface area contributed by atoms with Crippen molar-refractivity contribution in [2.24, 2.45) is 5.92 Å². The van der Waals surface area contributed by atoms with E-state index in [4.69, 9.17) is 0 Å². The van der Waals surface area contributed by atoms with E-state index in [0.29, 0.717) is 5.92 Å². The molecule has 0 saturated heterocycles. The first-order chi connectivity index (χ1) is 8.59. The first-order valence-electron chi connectivity index (χ1n) is 6.48. The summed E-state index contributed by atoms with van der Waals surface area (Å²) in [5, 5.41) is 2.66. The van der Waals surface area contributed by atoms with Gasteiger partial charge < -0.3 is 24.8 Å². The van der Waals surface area contributed by atoms with E-state index in [2.05, 4.69) is 76.2 Å². The van der Waals surface area contributed by atoms with Gasteiger partial charge in [0, 0.05) is 0 Å². The molecule has 0 heterocycles. The Kier molecular flexibility index (Phi) is 11.3. The topological polar surface area (TPSA) is 0 Å². The van der Waals surface area contributed by atoms with Crippen molar-refractivity contribution in [1.82, 2.24) is 0 Å². The molecule has 0 amide bonds. The Labute approximate surface area is 155 Å². The molecule has 1 aliphatic carbocycles.